The number of ether oxygens (including phenoxy) is 1. The van der Waals surface area contributed by atoms with E-state index in [1.807, 2.05) is 6.92 Å². The zero-order chi connectivity index (χ0) is 17.6. The van der Waals surface area contributed by atoms with Crippen molar-refractivity contribution in [1.29, 1.82) is 0 Å². The highest BCUT2D eigenvalue weighted by Crippen LogP contribution is 2.52. The molecule has 2 aliphatic heterocycles. The summed E-state index contributed by atoms with van der Waals surface area (Å²) in [6, 6.07) is 3.55. The Labute approximate surface area is 147 Å². The van der Waals surface area contributed by atoms with Gasteiger partial charge in [-0.15, -0.1) is 0 Å². The molecule has 1 aromatic carbocycles. The normalized spacial score (nSPS) is 32.1. The number of nitrogens with zero attached hydrogens (tertiary/aromatic N) is 2. The second-order valence-corrected chi connectivity index (χ2v) is 7.73. The third kappa shape index (κ3) is 2.73. The van der Waals surface area contributed by atoms with Crippen molar-refractivity contribution in [3.8, 4) is 0 Å². The molecule has 5 nitrogen and oxygen atoms in total. The van der Waals surface area contributed by atoms with E-state index in [1.54, 1.807) is 6.20 Å². The van der Waals surface area contributed by atoms with Crippen LogP contribution >= 0.6 is 11.8 Å². The van der Waals surface area contributed by atoms with Crippen molar-refractivity contribution in [2.45, 2.75) is 30.2 Å². The van der Waals surface area contributed by atoms with Crippen molar-refractivity contribution in [2.75, 3.05) is 6.61 Å². The molecule has 2 N–H and O–H groups in total. The predicted molar refractivity (Wildman–Crippen MR) is 90.0 cm³/mol. The van der Waals surface area contributed by atoms with E-state index in [-0.39, 0.29) is 23.9 Å². The fourth-order valence-corrected chi connectivity index (χ4v) is 4.86. The molecular weight excluding hydrogens is 348 g/mol. The minimum Gasteiger partial charge on any atom is -0.446 e. The van der Waals surface area contributed by atoms with Crippen LogP contribution in [0.5, 0.6) is 0 Å². The molecule has 0 aliphatic carbocycles. The first-order valence-electron chi connectivity index (χ1n) is 7.98. The summed E-state index contributed by atoms with van der Waals surface area (Å²) in [5.74, 6) is -0.832. The molecule has 1 fully saturated rings. The topological polar surface area (TPSA) is 73.6 Å². The molecule has 25 heavy (non-hydrogen) atoms. The van der Waals surface area contributed by atoms with Gasteiger partial charge in [-0.3, -0.25) is 0 Å². The largest absolute Gasteiger partial charge is 0.446 e. The number of thioether (sulfide) groups is 1. The van der Waals surface area contributed by atoms with Crippen molar-refractivity contribution in [1.82, 2.24) is 4.98 Å². The van der Waals surface area contributed by atoms with E-state index in [9.17, 15) is 8.78 Å². The SMILES string of the molecule is C[C@H]1SC(N)=NC2(c3ccc(F)cc3F)CO[C@@H](c3ncco3)CC12. The van der Waals surface area contributed by atoms with E-state index in [1.165, 1.54) is 30.2 Å². The maximum absolute atomic E-state index is 14.6. The van der Waals surface area contributed by atoms with E-state index in [2.05, 4.69) is 9.98 Å². The maximum atomic E-state index is 14.6. The summed E-state index contributed by atoms with van der Waals surface area (Å²) in [7, 11) is 0. The first-order chi connectivity index (χ1) is 12.0. The van der Waals surface area contributed by atoms with Gasteiger partial charge in [0.05, 0.1) is 12.8 Å². The van der Waals surface area contributed by atoms with Gasteiger partial charge in [0.2, 0.25) is 5.89 Å². The molecule has 0 amide bonds. The molecule has 3 heterocycles. The van der Waals surface area contributed by atoms with Gasteiger partial charge in [0.15, 0.2) is 5.17 Å². The Morgan fingerprint density at radius 1 is 1.36 bits per heavy atom. The van der Waals surface area contributed by atoms with Gasteiger partial charge >= 0.3 is 0 Å². The van der Waals surface area contributed by atoms with Crippen molar-refractivity contribution >= 4 is 16.9 Å². The number of aromatic nitrogens is 1. The summed E-state index contributed by atoms with van der Waals surface area (Å²) in [5, 5.41) is 0.467. The van der Waals surface area contributed by atoms with Crippen LogP contribution in [0, 0.1) is 17.6 Å². The highest BCUT2D eigenvalue weighted by molar-refractivity contribution is 8.14. The Morgan fingerprint density at radius 3 is 2.92 bits per heavy atom. The van der Waals surface area contributed by atoms with Crippen LogP contribution in [0.3, 0.4) is 0 Å². The van der Waals surface area contributed by atoms with Crippen molar-refractivity contribution in [3.05, 3.63) is 53.7 Å². The Hall–Kier alpha value is -1.93. The number of benzene rings is 1. The van der Waals surface area contributed by atoms with Crippen LogP contribution in [0.1, 0.15) is 30.9 Å². The van der Waals surface area contributed by atoms with Crippen molar-refractivity contribution in [3.63, 3.8) is 0 Å². The molecule has 0 saturated carbocycles. The number of halogens is 2. The third-order valence-electron chi connectivity index (χ3n) is 4.89. The smallest absolute Gasteiger partial charge is 0.223 e. The molecule has 1 aromatic heterocycles. The third-order valence-corrected chi connectivity index (χ3v) is 5.93. The monoisotopic (exact) mass is 365 g/mol. The molecule has 2 aliphatic rings. The Balaban J connectivity index is 1.78. The van der Waals surface area contributed by atoms with Crippen LogP contribution in [-0.2, 0) is 10.3 Å². The number of hydrogen-bond donors (Lipinski definition) is 1. The van der Waals surface area contributed by atoms with Crippen molar-refractivity contribution in [2.24, 2.45) is 16.6 Å². The van der Waals surface area contributed by atoms with Crippen molar-refractivity contribution < 1.29 is 17.9 Å². The standard InChI is InChI=1S/C17H17F2N3O2S/c1-9-12-7-14(15-21-4-5-23-15)24-8-17(12,22-16(20)25-9)11-3-2-10(18)6-13(11)19/h2-6,9,12,14H,7-8H2,1H3,(H2,20,22)/t9-,12?,14-,17?/m1/s1. The number of fused-ring (bicyclic) bond motifs is 1. The summed E-state index contributed by atoms with van der Waals surface area (Å²) in [6.07, 6.45) is 3.29. The molecule has 2 aromatic rings. The Morgan fingerprint density at radius 2 is 2.20 bits per heavy atom. The Kier molecular flexibility index (Phi) is 4.04. The predicted octanol–water partition coefficient (Wildman–Crippen LogP) is 3.38. The highest BCUT2D eigenvalue weighted by atomic mass is 32.2. The van der Waals surface area contributed by atoms with E-state index in [4.69, 9.17) is 14.9 Å². The van der Waals surface area contributed by atoms with Crippen LogP contribution in [0.4, 0.5) is 8.78 Å². The van der Waals surface area contributed by atoms with Crippen LogP contribution in [0.25, 0.3) is 0 Å². The lowest BCUT2D eigenvalue weighted by atomic mass is 9.72. The maximum Gasteiger partial charge on any atom is 0.223 e. The van der Waals surface area contributed by atoms with E-state index in [0.29, 0.717) is 23.0 Å². The second kappa shape index (κ2) is 6.10. The number of aliphatic imine (C=N–C) groups is 1. The summed E-state index contributed by atoms with van der Waals surface area (Å²) >= 11 is 1.45. The first-order valence-corrected chi connectivity index (χ1v) is 8.86. The lowest BCUT2D eigenvalue weighted by molar-refractivity contribution is -0.0749. The number of hydrogen-bond acceptors (Lipinski definition) is 6. The first kappa shape index (κ1) is 16.5. The molecular formula is C17H17F2N3O2S. The molecule has 1 saturated heterocycles. The summed E-state index contributed by atoms with van der Waals surface area (Å²) in [5.41, 5.74) is 5.32. The molecule has 4 atom stereocenters. The van der Waals surface area contributed by atoms with Crippen LogP contribution in [-0.4, -0.2) is 22.0 Å². The summed E-state index contributed by atoms with van der Waals surface area (Å²) in [4.78, 5) is 8.74. The van der Waals surface area contributed by atoms with Gasteiger partial charge in [-0.05, 0) is 12.5 Å². The lowest BCUT2D eigenvalue weighted by Crippen LogP contribution is -2.51. The summed E-state index contributed by atoms with van der Waals surface area (Å²) < 4.78 is 39.3. The molecule has 0 spiro atoms. The second-order valence-electron chi connectivity index (χ2n) is 6.33. The number of nitrogens with two attached hydrogens (primary N) is 1. The number of amidine groups is 1. The van der Waals surface area contributed by atoms with Gasteiger partial charge < -0.3 is 14.9 Å². The van der Waals surface area contributed by atoms with E-state index in [0.717, 1.165) is 6.07 Å². The minimum absolute atomic E-state index is 0.0598. The zero-order valence-corrected chi connectivity index (χ0v) is 14.3. The van der Waals surface area contributed by atoms with E-state index >= 15 is 0 Å². The lowest BCUT2D eigenvalue weighted by Gasteiger charge is -2.48. The number of oxazole rings is 1. The quantitative estimate of drug-likeness (QED) is 0.883. The van der Waals surface area contributed by atoms with Gasteiger partial charge in [0.1, 0.15) is 29.5 Å². The molecule has 8 heteroatoms. The summed E-state index contributed by atoms with van der Waals surface area (Å²) in [6.45, 7) is 2.16. The molecule has 0 radical (unpaired) electrons. The zero-order valence-electron chi connectivity index (χ0n) is 13.5. The number of rotatable bonds is 2. The Bertz CT molecular complexity index is 814. The van der Waals surface area contributed by atoms with Gasteiger partial charge in [-0.1, -0.05) is 24.8 Å². The van der Waals surface area contributed by atoms with Gasteiger partial charge in [0, 0.05) is 22.8 Å². The van der Waals surface area contributed by atoms with Crippen LogP contribution in [0.2, 0.25) is 0 Å². The molecule has 0 bridgehead atoms. The molecule has 2 unspecified atom stereocenters. The molecule has 132 valence electrons. The van der Waals surface area contributed by atoms with Gasteiger partial charge in [-0.25, -0.2) is 18.8 Å². The molecule has 4 rings (SSSR count). The van der Waals surface area contributed by atoms with Crippen LogP contribution in [0.15, 0.2) is 40.1 Å². The van der Waals surface area contributed by atoms with Crippen LogP contribution < -0.4 is 5.73 Å². The fourth-order valence-electron chi connectivity index (χ4n) is 3.76. The van der Waals surface area contributed by atoms with E-state index < -0.39 is 17.2 Å². The average molecular weight is 365 g/mol. The highest BCUT2D eigenvalue weighted by Gasteiger charge is 2.52. The average Bonchev–Trinajstić information content (AvgIpc) is 3.08. The fraction of sp³-hybridized carbons (Fsp3) is 0.412. The van der Waals surface area contributed by atoms with Gasteiger partial charge in [-0.2, -0.15) is 0 Å². The van der Waals surface area contributed by atoms with Gasteiger partial charge in [0.25, 0.3) is 0 Å². The minimum atomic E-state index is -0.977.